The van der Waals surface area contributed by atoms with Crippen LogP contribution in [0.3, 0.4) is 0 Å². The van der Waals surface area contributed by atoms with E-state index >= 15 is 0 Å². The van der Waals surface area contributed by atoms with E-state index in [1.54, 1.807) is 0 Å². The zero-order valence-electron chi connectivity index (χ0n) is 45.3. The molecule has 6 atom stereocenters. The molecule has 0 aromatic heterocycles. The quantitative estimate of drug-likeness (QED) is 0.0197. The van der Waals surface area contributed by atoms with Crippen LogP contribution in [0.2, 0.25) is 0 Å². The lowest BCUT2D eigenvalue weighted by Gasteiger charge is -2.41. The van der Waals surface area contributed by atoms with Crippen LogP contribution in [0.15, 0.2) is 134 Å². The number of esters is 1. The minimum absolute atomic E-state index is 0.00513. The van der Waals surface area contributed by atoms with Gasteiger partial charge in [-0.1, -0.05) is 199 Å². The lowest BCUT2D eigenvalue weighted by molar-refractivity contribution is -0.301. The Morgan fingerprint density at radius 1 is 0.514 bits per heavy atom. The number of carbonyl (C=O) groups excluding carboxylic acids is 1. The fourth-order valence-corrected chi connectivity index (χ4v) is 8.15. The average molecular weight is 1060 g/mol. The van der Waals surface area contributed by atoms with Crippen LogP contribution in [0.4, 0.5) is 0 Å². The topological polar surface area (TPSA) is 178 Å². The Kier molecular flexibility index (Phi) is 46.2. The molecule has 1 fully saturated rings. The van der Waals surface area contributed by atoms with Gasteiger partial charge in [-0.15, -0.1) is 0 Å². The third-order valence-corrected chi connectivity index (χ3v) is 12.2. The van der Waals surface area contributed by atoms with Crippen molar-refractivity contribution in [2.75, 3.05) is 26.4 Å². The smallest absolute Gasteiger partial charge is 0.397 e. The van der Waals surface area contributed by atoms with Crippen molar-refractivity contribution in [3.05, 3.63) is 134 Å². The number of aliphatic hydroxyl groups excluding tert-OH is 3. The van der Waals surface area contributed by atoms with Crippen LogP contribution in [-0.4, -0.2) is 97.5 Å². The highest BCUT2D eigenvalue weighted by Gasteiger charge is 2.48. The number of ether oxygens (including phenoxy) is 4. The molecule has 4 N–H and O–H groups in total. The third kappa shape index (κ3) is 42.5. The van der Waals surface area contributed by atoms with Gasteiger partial charge in [0.1, 0.15) is 30.5 Å². The number of unbranched alkanes of at least 4 members (excludes halogenated alkanes) is 12. The Morgan fingerprint density at radius 2 is 0.892 bits per heavy atom. The molecule has 13 heteroatoms. The van der Waals surface area contributed by atoms with E-state index in [0.29, 0.717) is 13.0 Å². The Bertz CT molecular complexity index is 1790. The van der Waals surface area contributed by atoms with E-state index in [1.807, 2.05) is 0 Å². The van der Waals surface area contributed by atoms with E-state index in [0.717, 1.165) is 135 Å². The molecule has 6 unspecified atom stereocenters. The summed E-state index contributed by atoms with van der Waals surface area (Å²) in [6.45, 7) is 3.68. The molecule has 0 spiro atoms. The van der Waals surface area contributed by atoms with Crippen molar-refractivity contribution in [2.45, 2.75) is 218 Å². The molecule has 0 aromatic carbocycles. The van der Waals surface area contributed by atoms with E-state index in [4.69, 9.17) is 18.9 Å². The maximum Gasteiger partial charge on any atom is 0.397 e. The van der Waals surface area contributed by atoms with Gasteiger partial charge in [0.05, 0.1) is 19.8 Å². The normalized spacial score (nSPS) is 19.8. The van der Waals surface area contributed by atoms with Crippen molar-refractivity contribution in [2.24, 2.45) is 0 Å². The second-order valence-electron chi connectivity index (χ2n) is 18.4. The highest BCUT2D eigenvalue weighted by Crippen LogP contribution is 2.26. The van der Waals surface area contributed by atoms with Crippen LogP contribution >= 0.6 is 0 Å². The number of carbonyl (C=O) groups is 1. The van der Waals surface area contributed by atoms with Crippen LogP contribution in [0.1, 0.15) is 181 Å². The fraction of sp³-hybridized carbons (Fsp3) is 0.623. The van der Waals surface area contributed by atoms with Crippen LogP contribution < -0.4 is 0 Å². The second kappa shape index (κ2) is 50.1. The number of aliphatic hydroxyl groups is 3. The monoisotopic (exact) mass is 1050 g/mol. The molecule has 1 heterocycles. The molecule has 1 aliphatic heterocycles. The van der Waals surface area contributed by atoms with Crippen LogP contribution in [0.25, 0.3) is 0 Å². The predicted octanol–water partition coefficient (Wildman–Crippen LogP) is 13.9. The molecule has 420 valence electrons. The molecule has 1 rings (SSSR count). The van der Waals surface area contributed by atoms with Gasteiger partial charge in [0.25, 0.3) is 0 Å². The molecule has 0 amide bonds. The first-order valence-electron chi connectivity index (χ1n) is 27.9. The molecule has 1 saturated heterocycles. The summed E-state index contributed by atoms with van der Waals surface area (Å²) in [4.78, 5) is 13.0. The van der Waals surface area contributed by atoms with Crippen molar-refractivity contribution in [3.8, 4) is 0 Å². The number of rotatable bonds is 47. The summed E-state index contributed by atoms with van der Waals surface area (Å²) in [6.07, 6.45) is 64.8. The van der Waals surface area contributed by atoms with E-state index in [2.05, 4.69) is 152 Å². The maximum absolute atomic E-state index is 13.0. The molecule has 0 radical (unpaired) electrons. The molecule has 12 nitrogen and oxygen atoms in total. The van der Waals surface area contributed by atoms with Gasteiger partial charge < -0.3 is 34.3 Å². The standard InChI is InChI=1S/C61H98O12S/c1-3-5-7-9-11-13-15-17-19-21-23-25-26-27-28-29-31-33-35-37-39-41-43-45-47-49-51-69-53-55(54-70-61-59(65)60(73-74(66,67)68)58(64)56(52-62)72-61)71-57(63)50-48-46-44-42-40-38-36-34-32-30-24-22-20-18-16-14-12-10-8-6-4-2/h5-8,11-14,17-20,23-25,27-28,30-31,33,37,39,55-56,58-62,64-65H,3-4,9-10,15-16,21-22,26,29,32,34-36,38,40-54H2,1-2H3,(H,66,67,68)/b7-5-,8-6-,13-11-,14-12-,19-17-,20-18-,25-23-,28-27-,30-24-,33-31-,39-37-. The van der Waals surface area contributed by atoms with Crippen molar-refractivity contribution in [1.82, 2.24) is 0 Å². The summed E-state index contributed by atoms with van der Waals surface area (Å²) in [5, 5.41) is 30.8. The van der Waals surface area contributed by atoms with Crippen molar-refractivity contribution < 1.29 is 56.2 Å². The van der Waals surface area contributed by atoms with E-state index in [9.17, 15) is 33.1 Å². The zero-order chi connectivity index (χ0) is 53.8. The first kappa shape index (κ1) is 68.3. The molecule has 1 aliphatic rings. The Labute approximate surface area is 448 Å². The van der Waals surface area contributed by atoms with Gasteiger partial charge >= 0.3 is 16.4 Å². The van der Waals surface area contributed by atoms with E-state index in [1.165, 1.54) is 19.3 Å². The van der Waals surface area contributed by atoms with Crippen molar-refractivity contribution in [1.29, 1.82) is 0 Å². The highest BCUT2D eigenvalue weighted by atomic mass is 32.3. The SMILES string of the molecule is CC/C=C\C/C=C\C/C=C\C/C=C\C/C=C\C/C=C\C/C=C\CCCCCCOCC(COC1OC(CO)C(O)C(OS(=O)(=O)O)C1O)OC(=O)CCCCCCCCCC/C=C\C/C=C\C/C=C\C/C=C\CC. The summed E-state index contributed by atoms with van der Waals surface area (Å²) in [5.74, 6) is -0.423. The molecule has 0 aromatic rings. The highest BCUT2D eigenvalue weighted by molar-refractivity contribution is 7.80. The number of hydrogen-bond donors (Lipinski definition) is 4. The second-order valence-corrected chi connectivity index (χ2v) is 19.5. The van der Waals surface area contributed by atoms with Crippen LogP contribution in [0.5, 0.6) is 0 Å². The molecule has 0 aliphatic carbocycles. The molecule has 0 bridgehead atoms. The summed E-state index contributed by atoms with van der Waals surface area (Å²) >= 11 is 0. The molecule has 0 saturated carbocycles. The fourth-order valence-electron chi connectivity index (χ4n) is 7.64. The largest absolute Gasteiger partial charge is 0.457 e. The van der Waals surface area contributed by atoms with Crippen molar-refractivity contribution >= 4 is 16.4 Å². The van der Waals surface area contributed by atoms with Gasteiger partial charge in [-0.2, -0.15) is 8.42 Å². The van der Waals surface area contributed by atoms with Crippen molar-refractivity contribution in [3.63, 3.8) is 0 Å². The first-order chi connectivity index (χ1) is 36.1. The summed E-state index contributed by atoms with van der Waals surface area (Å²) in [6, 6.07) is 0. The predicted molar refractivity (Wildman–Crippen MR) is 303 cm³/mol. The lowest BCUT2D eigenvalue weighted by Crippen LogP contribution is -2.60. The van der Waals surface area contributed by atoms with E-state index < -0.39 is 59.8 Å². The molecule has 74 heavy (non-hydrogen) atoms. The summed E-state index contributed by atoms with van der Waals surface area (Å²) in [5.41, 5.74) is 0. The summed E-state index contributed by atoms with van der Waals surface area (Å²) in [7, 11) is -5.08. The Morgan fingerprint density at radius 3 is 1.30 bits per heavy atom. The number of allylic oxidation sites excluding steroid dienone is 22. The van der Waals surface area contributed by atoms with Crippen LogP contribution in [-0.2, 0) is 38.3 Å². The Balaban J connectivity index is 2.37. The Hall–Kier alpha value is -3.76. The van der Waals surface area contributed by atoms with Gasteiger partial charge in [-0.25, -0.2) is 4.18 Å². The average Bonchev–Trinajstić information content (AvgIpc) is 3.38. The lowest BCUT2D eigenvalue weighted by atomic mass is 9.99. The van der Waals surface area contributed by atoms with E-state index in [-0.39, 0.29) is 19.6 Å². The zero-order valence-corrected chi connectivity index (χ0v) is 46.2. The maximum atomic E-state index is 13.0. The van der Waals surface area contributed by atoms with Gasteiger partial charge in [-0.05, 0) is 109 Å². The number of hydrogen-bond acceptors (Lipinski definition) is 11. The molecular formula is C61H98O12S. The van der Waals surface area contributed by atoms with Gasteiger partial charge in [0, 0.05) is 13.0 Å². The van der Waals surface area contributed by atoms with Gasteiger partial charge in [-0.3, -0.25) is 9.35 Å². The molecular weight excluding hydrogens is 957 g/mol. The van der Waals surface area contributed by atoms with Gasteiger partial charge in [0.15, 0.2) is 6.29 Å². The first-order valence-corrected chi connectivity index (χ1v) is 29.3. The third-order valence-electron chi connectivity index (χ3n) is 11.8. The minimum atomic E-state index is -5.08. The summed E-state index contributed by atoms with van der Waals surface area (Å²) < 4.78 is 59.4. The van der Waals surface area contributed by atoms with Crippen LogP contribution in [0, 0.1) is 0 Å². The minimum Gasteiger partial charge on any atom is -0.457 e. The van der Waals surface area contributed by atoms with Gasteiger partial charge in [0.2, 0.25) is 0 Å².